The van der Waals surface area contributed by atoms with Crippen molar-refractivity contribution in [3.05, 3.63) is 53.1 Å². The fraction of sp³-hybridized carbons (Fsp3) is 0.481. The van der Waals surface area contributed by atoms with Gasteiger partial charge in [0.1, 0.15) is 0 Å². The molecule has 4 rings (SSSR count). The van der Waals surface area contributed by atoms with Crippen LogP contribution in [-0.2, 0) is 9.53 Å². The zero-order valence-corrected chi connectivity index (χ0v) is 22.1. The van der Waals surface area contributed by atoms with Crippen molar-refractivity contribution in [2.45, 2.75) is 44.9 Å². The second-order valence-electron chi connectivity index (χ2n) is 8.99. The number of carbonyl (C=O) groups excluding carboxylic acids is 1. The van der Waals surface area contributed by atoms with Gasteiger partial charge in [-0.2, -0.15) is 0 Å². The standard InChI is InChI=1S/C27H35N3O2S2/c1-20-7-11-23(12-8-20)33-19-4-6-24(31)30(14-5-13-29-15-17-32-18-16-29)27-28-25-21(2)9-10-22(3)26(25)34-27/h7-12H,4-6,13-19H2,1-3H3. The van der Waals surface area contributed by atoms with Crippen molar-refractivity contribution in [3.8, 4) is 0 Å². The smallest absolute Gasteiger partial charge is 0.228 e. The highest BCUT2D eigenvalue weighted by molar-refractivity contribution is 7.99. The van der Waals surface area contributed by atoms with E-state index in [4.69, 9.17) is 9.72 Å². The lowest BCUT2D eigenvalue weighted by atomic mass is 10.1. The summed E-state index contributed by atoms with van der Waals surface area (Å²) >= 11 is 3.47. The van der Waals surface area contributed by atoms with Gasteiger partial charge in [0.15, 0.2) is 5.13 Å². The molecule has 0 spiro atoms. The van der Waals surface area contributed by atoms with Crippen molar-refractivity contribution in [1.82, 2.24) is 9.88 Å². The van der Waals surface area contributed by atoms with Crippen molar-refractivity contribution >= 4 is 44.4 Å². The van der Waals surface area contributed by atoms with Gasteiger partial charge in [0, 0.05) is 37.5 Å². The van der Waals surface area contributed by atoms with E-state index in [0.29, 0.717) is 13.0 Å². The first-order valence-electron chi connectivity index (χ1n) is 12.2. The van der Waals surface area contributed by atoms with E-state index in [0.717, 1.165) is 62.1 Å². The van der Waals surface area contributed by atoms with Gasteiger partial charge in [0.05, 0.1) is 23.4 Å². The molecule has 34 heavy (non-hydrogen) atoms. The van der Waals surface area contributed by atoms with Gasteiger partial charge < -0.3 is 4.74 Å². The van der Waals surface area contributed by atoms with Crippen molar-refractivity contribution in [2.24, 2.45) is 0 Å². The average Bonchev–Trinajstić information content (AvgIpc) is 3.30. The molecule has 182 valence electrons. The molecule has 1 aliphatic rings. The minimum atomic E-state index is 0.181. The normalized spacial score (nSPS) is 14.6. The third-order valence-corrected chi connectivity index (χ3v) is 8.56. The molecule has 1 amide bonds. The lowest BCUT2D eigenvalue weighted by Gasteiger charge is -2.27. The van der Waals surface area contributed by atoms with Crippen LogP contribution < -0.4 is 4.90 Å². The van der Waals surface area contributed by atoms with Crippen LogP contribution in [0.15, 0.2) is 41.3 Å². The molecule has 2 heterocycles. The van der Waals surface area contributed by atoms with Crippen molar-refractivity contribution in [2.75, 3.05) is 50.0 Å². The molecule has 3 aromatic rings. The highest BCUT2D eigenvalue weighted by atomic mass is 32.2. The molecule has 1 fully saturated rings. The van der Waals surface area contributed by atoms with E-state index in [-0.39, 0.29) is 5.91 Å². The number of aromatic nitrogens is 1. The van der Waals surface area contributed by atoms with Gasteiger partial charge in [-0.1, -0.05) is 41.2 Å². The topological polar surface area (TPSA) is 45.7 Å². The summed E-state index contributed by atoms with van der Waals surface area (Å²) in [5, 5.41) is 0.838. The van der Waals surface area contributed by atoms with Gasteiger partial charge in [-0.3, -0.25) is 14.6 Å². The van der Waals surface area contributed by atoms with Gasteiger partial charge in [-0.15, -0.1) is 11.8 Å². The molecule has 2 aromatic carbocycles. The summed E-state index contributed by atoms with van der Waals surface area (Å²) in [5.41, 5.74) is 4.69. The first-order chi connectivity index (χ1) is 16.5. The van der Waals surface area contributed by atoms with Crippen molar-refractivity contribution in [3.63, 3.8) is 0 Å². The Morgan fingerprint density at radius 1 is 1.06 bits per heavy atom. The summed E-state index contributed by atoms with van der Waals surface area (Å²) in [6, 6.07) is 12.9. The predicted molar refractivity (Wildman–Crippen MR) is 144 cm³/mol. The van der Waals surface area contributed by atoms with Gasteiger partial charge in [-0.25, -0.2) is 4.98 Å². The van der Waals surface area contributed by atoms with Crippen LogP contribution in [-0.4, -0.2) is 60.9 Å². The summed E-state index contributed by atoms with van der Waals surface area (Å²) in [7, 11) is 0. The third-order valence-electron chi connectivity index (χ3n) is 6.25. The number of rotatable bonds is 10. The molecule has 7 heteroatoms. The number of nitrogens with zero attached hydrogens (tertiary/aromatic N) is 3. The zero-order valence-electron chi connectivity index (χ0n) is 20.5. The maximum Gasteiger partial charge on any atom is 0.228 e. The molecule has 0 radical (unpaired) electrons. The first kappa shape index (κ1) is 25.2. The number of carbonyl (C=O) groups is 1. The summed E-state index contributed by atoms with van der Waals surface area (Å²) in [6.45, 7) is 11.6. The molecule has 0 atom stereocenters. The number of amides is 1. The number of benzene rings is 2. The fourth-order valence-electron chi connectivity index (χ4n) is 4.15. The molecule has 0 aliphatic carbocycles. The Kier molecular flexibility index (Phi) is 9.00. The Hall–Kier alpha value is -1.93. The molecule has 1 saturated heterocycles. The van der Waals surface area contributed by atoms with Crippen LogP contribution in [0.3, 0.4) is 0 Å². The van der Waals surface area contributed by atoms with Gasteiger partial charge in [-0.05, 0) is 62.6 Å². The molecular weight excluding hydrogens is 462 g/mol. The molecule has 0 unspecified atom stereocenters. The second kappa shape index (κ2) is 12.2. The lowest BCUT2D eigenvalue weighted by Crippen LogP contribution is -2.39. The van der Waals surface area contributed by atoms with Crippen molar-refractivity contribution < 1.29 is 9.53 Å². The van der Waals surface area contributed by atoms with E-state index in [2.05, 4.69) is 62.1 Å². The molecule has 0 N–H and O–H groups in total. The van der Waals surface area contributed by atoms with E-state index in [9.17, 15) is 4.79 Å². The summed E-state index contributed by atoms with van der Waals surface area (Å²) in [5.74, 6) is 1.12. The molecular formula is C27H35N3O2S2. The van der Waals surface area contributed by atoms with Crippen LogP contribution in [0.5, 0.6) is 0 Å². The highest BCUT2D eigenvalue weighted by Gasteiger charge is 2.21. The maximum absolute atomic E-state index is 13.4. The minimum absolute atomic E-state index is 0.181. The fourth-order valence-corrected chi connectivity index (χ4v) is 6.16. The molecule has 5 nitrogen and oxygen atoms in total. The van der Waals surface area contributed by atoms with E-state index in [1.807, 2.05) is 16.7 Å². The maximum atomic E-state index is 13.4. The van der Waals surface area contributed by atoms with Crippen molar-refractivity contribution in [1.29, 1.82) is 0 Å². The largest absolute Gasteiger partial charge is 0.379 e. The van der Waals surface area contributed by atoms with Crippen LogP contribution in [0.2, 0.25) is 0 Å². The first-order valence-corrected chi connectivity index (χ1v) is 14.0. The summed E-state index contributed by atoms with van der Waals surface area (Å²) < 4.78 is 6.66. The number of morpholine rings is 1. The number of aryl methyl sites for hydroxylation is 3. The SMILES string of the molecule is Cc1ccc(SCCCC(=O)N(CCCN2CCOCC2)c2nc3c(C)ccc(C)c3s2)cc1. The van der Waals surface area contributed by atoms with Crippen LogP contribution >= 0.6 is 23.1 Å². The monoisotopic (exact) mass is 497 g/mol. The second-order valence-corrected chi connectivity index (χ2v) is 11.1. The van der Waals surface area contributed by atoms with Gasteiger partial charge in [0.25, 0.3) is 0 Å². The van der Waals surface area contributed by atoms with Crippen LogP contribution in [0.4, 0.5) is 5.13 Å². The van der Waals surface area contributed by atoms with E-state index in [1.54, 1.807) is 11.3 Å². The quantitative estimate of drug-likeness (QED) is 0.260. The van der Waals surface area contributed by atoms with E-state index < -0.39 is 0 Å². The van der Waals surface area contributed by atoms with Crippen LogP contribution in [0.1, 0.15) is 36.0 Å². The van der Waals surface area contributed by atoms with Crippen LogP contribution in [0, 0.1) is 20.8 Å². The number of hydrogen-bond acceptors (Lipinski definition) is 6. The summed E-state index contributed by atoms with van der Waals surface area (Å²) in [4.78, 5) is 23.9. The number of thioether (sulfide) groups is 1. The Bertz CT molecular complexity index is 1050. The molecule has 0 saturated carbocycles. The number of ether oxygens (including phenoxy) is 1. The Morgan fingerprint density at radius 3 is 2.53 bits per heavy atom. The van der Waals surface area contributed by atoms with Gasteiger partial charge in [0.2, 0.25) is 5.91 Å². The van der Waals surface area contributed by atoms with E-state index in [1.165, 1.54) is 26.3 Å². The Balaban J connectivity index is 1.40. The number of fused-ring (bicyclic) bond motifs is 1. The third kappa shape index (κ3) is 6.60. The molecule has 1 aromatic heterocycles. The Morgan fingerprint density at radius 2 is 1.79 bits per heavy atom. The summed E-state index contributed by atoms with van der Waals surface area (Å²) in [6.07, 6.45) is 2.35. The zero-order chi connectivity index (χ0) is 23.9. The van der Waals surface area contributed by atoms with Gasteiger partial charge >= 0.3 is 0 Å². The molecule has 0 bridgehead atoms. The minimum Gasteiger partial charge on any atom is -0.379 e. The average molecular weight is 498 g/mol. The number of anilines is 1. The number of thiazole rings is 1. The van der Waals surface area contributed by atoms with Crippen LogP contribution in [0.25, 0.3) is 10.2 Å². The Labute approximate surface area is 211 Å². The predicted octanol–water partition coefficient (Wildman–Crippen LogP) is 5.85. The molecule has 1 aliphatic heterocycles. The lowest BCUT2D eigenvalue weighted by molar-refractivity contribution is -0.118. The van der Waals surface area contributed by atoms with E-state index >= 15 is 0 Å². The highest BCUT2D eigenvalue weighted by Crippen LogP contribution is 2.33. The number of hydrogen-bond donors (Lipinski definition) is 0.